The minimum Gasteiger partial charge on any atom is -0.490 e. The highest BCUT2D eigenvalue weighted by Gasteiger charge is 2.03. The van der Waals surface area contributed by atoms with Gasteiger partial charge in [-0.25, -0.2) is 10.2 Å². The van der Waals surface area contributed by atoms with Crippen molar-refractivity contribution >= 4 is 23.5 Å². The van der Waals surface area contributed by atoms with Crippen molar-refractivity contribution in [1.29, 1.82) is 0 Å². The van der Waals surface area contributed by atoms with E-state index < -0.39 is 6.09 Å². The molecule has 0 spiro atoms. The number of amides is 1. The fourth-order valence-electron chi connectivity index (χ4n) is 1.10. The number of hydrogen-bond donors (Lipinski definition) is 2. The molecule has 0 aliphatic heterocycles. The Kier molecular flexibility index (Phi) is 6.09. The van der Waals surface area contributed by atoms with Crippen LogP contribution in [0.3, 0.4) is 0 Å². The Balaban J connectivity index is 2.54. The van der Waals surface area contributed by atoms with Gasteiger partial charge in [-0.15, -0.1) is 0 Å². The molecule has 0 radical (unpaired) electrons. The van der Waals surface area contributed by atoms with E-state index >= 15 is 0 Å². The van der Waals surface area contributed by atoms with Gasteiger partial charge >= 0.3 is 6.09 Å². The van der Waals surface area contributed by atoms with Gasteiger partial charge in [-0.1, -0.05) is 12.1 Å². The number of ether oxygens (including phenoxy) is 2. The molecule has 0 aromatic heterocycles. The summed E-state index contributed by atoms with van der Waals surface area (Å²) < 4.78 is 10.0. The molecule has 1 aromatic rings. The lowest BCUT2D eigenvalue weighted by atomic mass is 10.3. The SMILES string of the molecule is COC(=O)NNc1ccccc1OCCSC. The van der Waals surface area contributed by atoms with Crippen LogP contribution in [-0.4, -0.2) is 31.8 Å². The minimum absolute atomic E-state index is 0.552. The molecule has 0 fully saturated rings. The van der Waals surface area contributed by atoms with Crippen LogP contribution in [0.15, 0.2) is 24.3 Å². The standard InChI is InChI=1S/C11H16N2O3S/c1-15-11(14)13-12-9-5-3-4-6-10(9)16-7-8-17-2/h3-6,12H,7-8H2,1-2H3,(H,13,14). The van der Waals surface area contributed by atoms with Crippen LogP contribution < -0.4 is 15.6 Å². The summed E-state index contributed by atoms with van der Waals surface area (Å²) >= 11 is 1.71. The smallest absolute Gasteiger partial charge is 0.425 e. The van der Waals surface area contributed by atoms with Crippen molar-refractivity contribution in [2.75, 3.05) is 31.2 Å². The average molecular weight is 256 g/mol. The highest BCUT2D eigenvalue weighted by Crippen LogP contribution is 2.22. The van der Waals surface area contributed by atoms with Crippen LogP contribution in [0.2, 0.25) is 0 Å². The molecular formula is C11H16N2O3S. The first-order valence-electron chi connectivity index (χ1n) is 5.08. The molecule has 17 heavy (non-hydrogen) atoms. The summed E-state index contributed by atoms with van der Waals surface area (Å²) in [5.74, 6) is 1.61. The zero-order chi connectivity index (χ0) is 12.5. The van der Waals surface area contributed by atoms with Gasteiger partial charge in [0.2, 0.25) is 0 Å². The second kappa shape index (κ2) is 7.67. The third-order valence-electron chi connectivity index (χ3n) is 1.92. The maximum Gasteiger partial charge on any atom is 0.425 e. The minimum atomic E-state index is -0.552. The number of carbonyl (C=O) groups excluding carboxylic acids is 1. The summed E-state index contributed by atoms with van der Waals surface area (Å²) in [6.07, 6.45) is 1.47. The van der Waals surface area contributed by atoms with E-state index in [1.165, 1.54) is 7.11 Å². The molecule has 1 aromatic carbocycles. The van der Waals surface area contributed by atoms with Gasteiger partial charge in [0.15, 0.2) is 0 Å². The van der Waals surface area contributed by atoms with Crippen molar-refractivity contribution in [3.63, 3.8) is 0 Å². The van der Waals surface area contributed by atoms with E-state index in [0.717, 1.165) is 5.75 Å². The summed E-state index contributed by atoms with van der Waals surface area (Å²) in [4.78, 5) is 10.9. The number of hydrogen-bond acceptors (Lipinski definition) is 5. The molecule has 0 aliphatic rings. The van der Waals surface area contributed by atoms with Gasteiger partial charge in [-0.3, -0.25) is 5.43 Å². The number of hydrazine groups is 1. The molecule has 0 unspecified atom stereocenters. The molecule has 2 N–H and O–H groups in total. The molecule has 6 heteroatoms. The van der Waals surface area contributed by atoms with E-state index in [1.807, 2.05) is 30.5 Å². The molecule has 1 amide bonds. The van der Waals surface area contributed by atoms with Crippen LogP contribution in [0.25, 0.3) is 0 Å². The quantitative estimate of drug-likeness (QED) is 0.603. The lowest BCUT2D eigenvalue weighted by Gasteiger charge is -2.12. The van der Waals surface area contributed by atoms with E-state index in [1.54, 1.807) is 11.8 Å². The lowest BCUT2D eigenvalue weighted by molar-refractivity contribution is 0.173. The first-order valence-corrected chi connectivity index (χ1v) is 6.48. The van der Waals surface area contributed by atoms with Crippen molar-refractivity contribution in [1.82, 2.24) is 5.43 Å². The maximum atomic E-state index is 10.9. The van der Waals surface area contributed by atoms with Gasteiger partial charge in [-0.05, 0) is 18.4 Å². The van der Waals surface area contributed by atoms with Gasteiger partial charge < -0.3 is 9.47 Å². The molecule has 0 bridgehead atoms. The molecule has 5 nitrogen and oxygen atoms in total. The second-order valence-corrected chi connectivity index (χ2v) is 4.06. The summed E-state index contributed by atoms with van der Waals surface area (Å²) in [6, 6.07) is 7.37. The molecule has 1 rings (SSSR count). The fraction of sp³-hybridized carbons (Fsp3) is 0.364. The first kappa shape index (κ1) is 13.5. The van der Waals surface area contributed by atoms with Crippen molar-refractivity contribution in [3.05, 3.63) is 24.3 Å². The van der Waals surface area contributed by atoms with Crippen LogP contribution in [0, 0.1) is 0 Å². The van der Waals surface area contributed by atoms with Gasteiger partial charge in [0, 0.05) is 5.75 Å². The highest BCUT2D eigenvalue weighted by molar-refractivity contribution is 7.98. The Hall–Kier alpha value is -1.56. The predicted octanol–water partition coefficient (Wildman–Crippen LogP) is 2.11. The number of nitrogens with one attached hydrogen (secondary N) is 2. The second-order valence-electron chi connectivity index (χ2n) is 3.08. The van der Waals surface area contributed by atoms with E-state index in [0.29, 0.717) is 18.0 Å². The molecule has 0 saturated heterocycles. The Morgan fingerprint density at radius 3 is 2.88 bits per heavy atom. The first-order chi connectivity index (χ1) is 8.27. The molecule has 0 atom stereocenters. The van der Waals surface area contributed by atoms with E-state index in [9.17, 15) is 4.79 Å². The summed E-state index contributed by atoms with van der Waals surface area (Å²) in [7, 11) is 1.30. The molecule has 0 aliphatic carbocycles. The Morgan fingerprint density at radius 2 is 2.18 bits per heavy atom. The molecule has 94 valence electrons. The van der Waals surface area contributed by atoms with Crippen LogP contribution in [0.1, 0.15) is 0 Å². The van der Waals surface area contributed by atoms with E-state index in [-0.39, 0.29) is 0 Å². The van der Waals surface area contributed by atoms with Gasteiger partial charge in [0.05, 0.1) is 19.4 Å². The summed E-state index contributed by atoms with van der Waals surface area (Å²) in [5.41, 5.74) is 5.81. The lowest BCUT2D eigenvalue weighted by Crippen LogP contribution is -2.29. The molecule has 0 saturated carbocycles. The number of carbonyl (C=O) groups is 1. The van der Waals surface area contributed by atoms with Crippen molar-refractivity contribution in [2.24, 2.45) is 0 Å². The molecular weight excluding hydrogens is 240 g/mol. The zero-order valence-corrected chi connectivity index (χ0v) is 10.7. The van der Waals surface area contributed by atoms with E-state index in [4.69, 9.17) is 4.74 Å². The zero-order valence-electron chi connectivity index (χ0n) is 9.86. The molecule has 0 heterocycles. The van der Waals surface area contributed by atoms with Crippen LogP contribution in [0.4, 0.5) is 10.5 Å². The number of thioether (sulfide) groups is 1. The normalized spacial score (nSPS) is 9.53. The monoisotopic (exact) mass is 256 g/mol. The number of benzene rings is 1. The topological polar surface area (TPSA) is 59.6 Å². The summed E-state index contributed by atoms with van der Waals surface area (Å²) in [6.45, 7) is 0.623. The maximum absolute atomic E-state index is 10.9. The van der Waals surface area contributed by atoms with Gasteiger partial charge in [-0.2, -0.15) is 11.8 Å². The predicted molar refractivity (Wildman–Crippen MR) is 69.5 cm³/mol. The third kappa shape index (κ3) is 4.86. The average Bonchev–Trinajstić information content (AvgIpc) is 2.37. The Morgan fingerprint density at radius 1 is 1.41 bits per heavy atom. The van der Waals surface area contributed by atoms with Crippen LogP contribution in [-0.2, 0) is 4.74 Å². The van der Waals surface area contributed by atoms with Gasteiger partial charge in [0.1, 0.15) is 5.75 Å². The number of para-hydroxylation sites is 2. The van der Waals surface area contributed by atoms with Crippen LogP contribution >= 0.6 is 11.8 Å². The van der Waals surface area contributed by atoms with E-state index in [2.05, 4.69) is 15.6 Å². The van der Waals surface area contributed by atoms with Crippen molar-refractivity contribution in [2.45, 2.75) is 0 Å². The van der Waals surface area contributed by atoms with Crippen molar-refractivity contribution < 1.29 is 14.3 Å². The Bertz CT molecular complexity index is 360. The largest absolute Gasteiger partial charge is 0.490 e. The fourth-order valence-corrected chi connectivity index (χ4v) is 1.35. The van der Waals surface area contributed by atoms with Crippen molar-refractivity contribution in [3.8, 4) is 5.75 Å². The number of rotatable bonds is 6. The van der Waals surface area contributed by atoms with Crippen LogP contribution in [0.5, 0.6) is 5.75 Å². The Labute approximate surface area is 105 Å². The van der Waals surface area contributed by atoms with Gasteiger partial charge in [0.25, 0.3) is 0 Å². The number of methoxy groups -OCH3 is 1. The highest BCUT2D eigenvalue weighted by atomic mass is 32.2. The third-order valence-corrected chi connectivity index (χ3v) is 2.49. The number of anilines is 1. The summed E-state index contributed by atoms with van der Waals surface area (Å²) in [5, 5.41) is 0.